The van der Waals surface area contributed by atoms with E-state index in [9.17, 15) is 9.59 Å². The Labute approximate surface area is 192 Å². The van der Waals surface area contributed by atoms with Crippen LogP contribution >= 0.6 is 0 Å². The highest BCUT2D eigenvalue weighted by Crippen LogP contribution is 2.39. The first-order valence-corrected chi connectivity index (χ1v) is 11.6. The van der Waals surface area contributed by atoms with Gasteiger partial charge in [0.1, 0.15) is 12.4 Å². The molecule has 8 nitrogen and oxygen atoms in total. The van der Waals surface area contributed by atoms with E-state index in [1.54, 1.807) is 10.6 Å². The van der Waals surface area contributed by atoms with Crippen LogP contribution in [0.3, 0.4) is 0 Å². The Kier molecular flexibility index (Phi) is 5.40. The van der Waals surface area contributed by atoms with Gasteiger partial charge in [-0.15, -0.1) is 0 Å². The number of hydrogen-bond acceptors (Lipinski definition) is 6. The molecule has 0 spiro atoms. The minimum atomic E-state index is -0.450. The highest BCUT2D eigenvalue weighted by molar-refractivity contribution is 5.87. The molecule has 1 saturated carbocycles. The molecule has 0 bridgehead atoms. The number of nitrogens with two attached hydrogens (primary N) is 2. The molecule has 1 aromatic heterocycles. The fourth-order valence-corrected chi connectivity index (χ4v) is 5.19. The maximum absolute atomic E-state index is 12.8. The summed E-state index contributed by atoms with van der Waals surface area (Å²) in [4.78, 5) is 27.8. The van der Waals surface area contributed by atoms with Crippen LogP contribution in [0, 0.1) is 18.8 Å². The first-order valence-electron chi connectivity index (χ1n) is 11.6. The number of anilines is 1. The molecule has 0 unspecified atom stereocenters. The van der Waals surface area contributed by atoms with Gasteiger partial charge in [-0.2, -0.15) is 4.68 Å². The van der Waals surface area contributed by atoms with Crippen LogP contribution in [0.15, 0.2) is 52.1 Å². The van der Waals surface area contributed by atoms with Gasteiger partial charge in [0.2, 0.25) is 0 Å². The average Bonchev–Trinajstić information content (AvgIpc) is 3.58. The molecular weight excluding hydrogens is 418 g/mol. The molecule has 2 heterocycles. The molecule has 4 N–H and O–H groups in total. The highest BCUT2D eigenvalue weighted by Gasteiger charge is 2.36. The van der Waals surface area contributed by atoms with Crippen LogP contribution in [0.2, 0.25) is 0 Å². The molecule has 0 radical (unpaired) electrons. The summed E-state index contributed by atoms with van der Waals surface area (Å²) in [6.45, 7) is 6.33. The molecule has 8 heteroatoms. The van der Waals surface area contributed by atoms with Crippen molar-refractivity contribution in [2.75, 3.05) is 30.4 Å². The lowest BCUT2D eigenvalue weighted by atomic mass is 9.91. The Morgan fingerprint density at radius 2 is 1.82 bits per heavy atom. The van der Waals surface area contributed by atoms with E-state index in [2.05, 4.69) is 11.8 Å². The van der Waals surface area contributed by atoms with Crippen LogP contribution in [-0.4, -0.2) is 35.0 Å². The zero-order chi connectivity index (χ0) is 23.3. The SMILES string of the molecule is Cc1c(N2C[C@H]([C@H](N)COc3ccccc3)[C@H](C)C2)ccc2c(=O)n(N)c(=O)n(C3CC3)c12. The molecule has 5 rings (SSSR count). The van der Waals surface area contributed by atoms with Gasteiger partial charge in [0.05, 0.1) is 10.9 Å². The Morgan fingerprint density at radius 1 is 1.09 bits per heavy atom. The van der Waals surface area contributed by atoms with Crippen LogP contribution in [-0.2, 0) is 0 Å². The van der Waals surface area contributed by atoms with Crippen molar-refractivity contribution < 1.29 is 4.74 Å². The smallest absolute Gasteiger partial charge is 0.350 e. The molecule has 0 amide bonds. The topological polar surface area (TPSA) is 109 Å². The van der Waals surface area contributed by atoms with E-state index in [1.165, 1.54) is 0 Å². The van der Waals surface area contributed by atoms with Gasteiger partial charge < -0.3 is 21.2 Å². The van der Waals surface area contributed by atoms with Gasteiger partial charge >= 0.3 is 5.69 Å². The van der Waals surface area contributed by atoms with Gasteiger partial charge in [0, 0.05) is 30.9 Å². The third-order valence-electron chi connectivity index (χ3n) is 7.16. The number of ether oxygens (including phenoxy) is 1. The monoisotopic (exact) mass is 449 g/mol. The van der Waals surface area contributed by atoms with Gasteiger partial charge in [-0.25, -0.2) is 4.79 Å². The molecule has 174 valence electrons. The predicted molar refractivity (Wildman–Crippen MR) is 130 cm³/mol. The summed E-state index contributed by atoms with van der Waals surface area (Å²) in [5.74, 6) is 7.28. The predicted octanol–water partition coefficient (Wildman–Crippen LogP) is 2.00. The van der Waals surface area contributed by atoms with E-state index in [4.69, 9.17) is 16.3 Å². The van der Waals surface area contributed by atoms with Crippen LogP contribution in [0.4, 0.5) is 5.69 Å². The van der Waals surface area contributed by atoms with Gasteiger partial charge in [0.15, 0.2) is 0 Å². The molecule has 2 fully saturated rings. The van der Waals surface area contributed by atoms with E-state index in [0.29, 0.717) is 23.4 Å². The van der Waals surface area contributed by atoms with E-state index in [-0.39, 0.29) is 18.0 Å². The first kappa shape index (κ1) is 21.6. The van der Waals surface area contributed by atoms with E-state index < -0.39 is 11.2 Å². The minimum Gasteiger partial charge on any atom is -0.492 e. The zero-order valence-electron chi connectivity index (χ0n) is 19.1. The number of benzene rings is 2. The largest absolute Gasteiger partial charge is 0.492 e. The number of nitrogen functional groups attached to an aromatic ring is 1. The standard InChI is InChI=1S/C25H31N5O3/c1-15-12-28(13-20(15)21(26)14-33-18-6-4-3-5-7-18)22-11-10-19-23(16(22)2)29(17-8-9-17)25(32)30(27)24(19)31/h3-7,10-11,15,17,20-21H,8-9,12-14,26-27H2,1-2H3/t15-,20+,21-/m1/s1. The summed E-state index contributed by atoms with van der Waals surface area (Å²) in [7, 11) is 0. The third-order valence-corrected chi connectivity index (χ3v) is 7.16. The Morgan fingerprint density at radius 3 is 2.52 bits per heavy atom. The van der Waals surface area contributed by atoms with Crippen molar-refractivity contribution >= 4 is 16.6 Å². The van der Waals surface area contributed by atoms with Gasteiger partial charge in [-0.1, -0.05) is 25.1 Å². The summed E-state index contributed by atoms with van der Waals surface area (Å²) in [5, 5.41) is 0.488. The molecule has 1 saturated heterocycles. The molecular formula is C25H31N5O3. The van der Waals surface area contributed by atoms with Crippen molar-refractivity contribution in [2.45, 2.75) is 38.8 Å². The van der Waals surface area contributed by atoms with Crippen molar-refractivity contribution in [1.82, 2.24) is 9.24 Å². The summed E-state index contributed by atoms with van der Waals surface area (Å²) in [6, 6.07) is 13.5. The van der Waals surface area contributed by atoms with E-state index in [1.807, 2.05) is 43.3 Å². The Balaban J connectivity index is 1.43. The number of aryl methyl sites for hydroxylation is 1. The van der Waals surface area contributed by atoms with E-state index >= 15 is 0 Å². The lowest BCUT2D eigenvalue weighted by Crippen LogP contribution is -2.44. The zero-order valence-corrected chi connectivity index (χ0v) is 19.1. The second-order valence-electron chi connectivity index (χ2n) is 9.50. The number of rotatable bonds is 6. The second-order valence-corrected chi connectivity index (χ2v) is 9.50. The number of aromatic nitrogens is 2. The molecule has 33 heavy (non-hydrogen) atoms. The van der Waals surface area contributed by atoms with Crippen LogP contribution in [0.5, 0.6) is 5.75 Å². The summed E-state index contributed by atoms with van der Waals surface area (Å²) in [6.07, 6.45) is 1.85. The lowest BCUT2D eigenvalue weighted by molar-refractivity contribution is 0.233. The van der Waals surface area contributed by atoms with Crippen molar-refractivity contribution in [1.29, 1.82) is 0 Å². The van der Waals surface area contributed by atoms with Gasteiger partial charge in [-0.05, 0) is 61.4 Å². The highest BCUT2D eigenvalue weighted by atomic mass is 16.5. The average molecular weight is 450 g/mol. The quantitative estimate of drug-likeness (QED) is 0.557. The molecule has 3 aromatic rings. The third kappa shape index (κ3) is 3.78. The number of nitrogens with zero attached hydrogens (tertiary/aromatic N) is 3. The summed E-state index contributed by atoms with van der Waals surface area (Å²) >= 11 is 0. The first-order chi connectivity index (χ1) is 15.9. The fraction of sp³-hybridized carbons (Fsp3) is 0.440. The minimum absolute atomic E-state index is 0.0972. The molecule has 1 aliphatic heterocycles. The van der Waals surface area contributed by atoms with Crippen molar-refractivity contribution in [3.8, 4) is 5.75 Å². The summed E-state index contributed by atoms with van der Waals surface area (Å²) < 4.78 is 8.36. The maximum atomic E-state index is 12.8. The van der Waals surface area contributed by atoms with E-state index in [0.717, 1.165) is 47.6 Å². The number of fused-ring (bicyclic) bond motifs is 1. The fourth-order valence-electron chi connectivity index (χ4n) is 5.19. The molecule has 2 aliphatic rings. The van der Waals surface area contributed by atoms with Crippen molar-refractivity contribution in [2.24, 2.45) is 17.6 Å². The van der Waals surface area contributed by atoms with Gasteiger partial charge in [-0.3, -0.25) is 9.36 Å². The van der Waals surface area contributed by atoms with Crippen LogP contribution in [0.1, 0.15) is 31.4 Å². The molecule has 3 atom stereocenters. The lowest BCUT2D eigenvalue weighted by Gasteiger charge is -2.25. The number of para-hydroxylation sites is 1. The Bertz CT molecular complexity index is 1300. The second kappa shape index (κ2) is 8.26. The normalized spacial score (nSPS) is 21.5. The Hall–Kier alpha value is -3.26. The van der Waals surface area contributed by atoms with Crippen LogP contribution in [0.25, 0.3) is 10.9 Å². The maximum Gasteiger partial charge on any atom is 0.350 e. The summed E-state index contributed by atoms with van der Waals surface area (Å²) in [5.41, 5.74) is 8.35. The number of hydrogen-bond donors (Lipinski definition) is 2. The molecule has 1 aliphatic carbocycles. The molecule has 2 aromatic carbocycles. The van der Waals surface area contributed by atoms with Gasteiger partial charge in [0.25, 0.3) is 5.56 Å². The van der Waals surface area contributed by atoms with Crippen LogP contribution < -0.4 is 32.5 Å². The van der Waals surface area contributed by atoms with Crippen molar-refractivity contribution in [3.05, 3.63) is 68.9 Å². The van der Waals surface area contributed by atoms with Crippen molar-refractivity contribution in [3.63, 3.8) is 0 Å².